The van der Waals surface area contributed by atoms with Crippen molar-refractivity contribution in [3.05, 3.63) is 107 Å². The van der Waals surface area contributed by atoms with Crippen LogP contribution in [0.5, 0.6) is 11.5 Å². The first-order valence-electron chi connectivity index (χ1n) is 10.1. The smallest absolute Gasteiger partial charge is 0.204 e. The molecule has 0 fully saturated rings. The minimum atomic E-state index is -0.674. The first-order valence-corrected chi connectivity index (χ1v) is 10.1. The molecule has 4 aromatic rings. The van der Waals surface area contributed by atoms with Gasteiger partial charge >= 0.3 is 0 Å². The summed E-state index contributed by atoms with van der Waals surface area (Å²) in [5.74, 6) is 1.13. The van der Waals surface area contributed by atoms with Crippen molar-refractivity contribution in [1.82, 2.24) is 0 Å². The highest BCUT2D eigenvalue weighted by atomic mass is 16.5. The monoisotopic (exact) mass is 405 g/mol. The number of ketones is 1. The molecule has 5 rings (SSSR count). The second kappa shape index (κ2) is 7.62. The maximum Gasteiger partial charge on any atom is 0.204 e. The van der Waals surface area contributed by atoms with Gasteiger partial charge in [0.05, 0.1) is 24.7 Å². The van der Waals surface area contributed by atoms with Crippen molar-refractivity contribution in [1.29, 1.82) is 5.26 Å². The van der Waals surface area contributed by atoms with Crippen molar-refractivity contribution in [3.8, 4) is 17.6 Å². The van der Waals surface area contributed by atoms with E-state index < -0.39 is 6.10 Å². The van der Waals surface area contributed by atoms with Crippen molar-refractivity contribution in [2.45, 2.75) is 12.0 Å². The molecule has 4 aromatic carbocycles. The largest absolute Gasteiger partial charge is 0.497 e. The van der Waals surface area contributed by atoms with Crippen LogP contribution in [0.2, 0.25) is 0 Å². The number of hydrogen-bond donors (Lipinski definition) is 0. The fourth-order valence-corrected chi connectivity index (χ4v) is 4.31. The molecule has 1 aliphatic rings. The average Bonchev–Trinajstić information content (AvgIpc) is 3.23. The van der Waals surface area contributed by atoms with Crippen LogP contribution in [0.4, 0.5) is 0 Å². The van der Waals surface area contributed by atoms with E-state index in [-0.39, 0.29) is 11.7 Å². The van der Waals surface area contributed by atoms with Gasteiger partial charge in [0.25, 0.3) is 0 Å². The Bertz CT molecular complexity index is 1320. The van der Waals surface area contributed by atoms with Crippen molar-refractivity contribution < 1.29 is 14.3 Å². The number of carbonyl (C=O) groups excluding carboxylic acids is 1. The Kier molecular flexibility index (Phi) is 4.65. The van der Waals surface area contributed by atoms with Gasteiger partial charge in [-0.05, 0) is 46.7 Å². The van der Waals surface area contributed by atoms with E-state index in [9.17, 15) is 10.1 Å². The zero-order valence-corrected chi connectivity index (χ0v) is 16.9. The van der Waals surface area contributed by atoms with Crippen LogP contribution < -0.4 is 9.47 Å². The van der Waals surface area contributed by atoms with E-state index in [0.717, 1.165) is 27.6 Å². The average molecular weight is 405 g/mol. The first kappa shape index (κ1) is 18.9. The van der Waals surface area contributed by atoms with Crippen LogP contribution in [0.15, 0.2) is 84.9 Å². The molecule has 4 heteroatoms. The molecule has 0 N–H and O–H groups in total. The second-order valence-corrected chi connectivity index (χ2v) is 7.54. The van der Waals surface area contributed by atoms with Crippen LogP contribution in [0, 0.1) is 11.3 Å². The third kappa shape index (κ3) is 3.21. The van der Waals surface area contributed by atoms with E-state index in [4.69, 9.17) is 9.47 Å². The molecular formula is C27H19NO3. The van der Waals surface area contributed by atoms with Gasteiger partial charge in [0, 0.05) is 11.1 Å². The van der Waals surface area contributed by atoms with Gasteiger partial charge in [-0.3, -0.25) is 4.79 Å². The summed E-state index contributed by atoms with van der Waals surface area (Å²) >= 11 is 0. The molecule has 150 valence electrons. The number of Topliss-reactive ketones (excluding diaryl/α,β-unsaturated/α-hetero) is 1. The maximum absolute atomic E-state index is 13.5. The third-order valence-corrected chi connectivity index (χ3v) is 5.81. The normalized spacial score (nSPS) is 16.9. The number of benzene rings is 4. The molecule has 4 nitrogen and oxygen atoms in total. The molecule has 0 aliphatic carbocycles. The van der Waals surface area contributed by atoms with Crippen molar-refractivity contribution in [2.75, 3.05) is 7.11 Å². The molecule has 0 saturated carbocycles. The highest BCUT2D eigenvalue weighted by molar-refractivity contribution is 6.02. The highest BCUT2D eigenvalue weighted by Gasteiger charge is 2.41. The maximum atomic E-state index is 13.5. The Morgan fingerprint density at radius 3 is 2.45 bits per heavy atom. The fraction of sp³-hybridized carbons (Fsp3) is 0.111. The Balaban J connectivity index is 1.69. The third-order valence-electron chi connectivity index (χ3n) is 5.81. The molecule has 0 bridgehead atoms. The number of rotatable bonds is 4. The molecule has 2 atom stereocenters. The molecule has 0 radical (unpaired) electrons. The van der Waals surface area contributed by atoms with Gasteiger partial charge in [-0.25, -0.2) is 0 Å². The van der Waals surface area contributed by atoms with Gasteiger partial charge in [-0.15, -0.1) is 0 Å². The van der Waals surface area contributed by atoms with Crippen LogP contribution in [-0.4, -0.2) is 19.0 Å². The van der Waals surface area contributed by atoms with Gasteiger partial charge in [0.15, 0.2) is 6.10 Å². The zero-order valence-electron chi connectivity index (χ0n) is 16.9. The zero-order chi connectivity index (χ0) is 21.4. The molecule has 1 heterocycles. The van der Waals surface area contributed by atoms with Crippen LogP contribution in [0.25, 0.3) is 10.8 Å². The highest BCUT2D eigenvalue weighted by Crippen LogP contribution is 2.47. The summed E-state index contributed by atoms with van der Waals surface area (Å²) in [6.07, 6.45) is -0.674. The van der Waals surface area contributed by atoms with Crippen molar-refractivity contribution >= 4 is 16.6 Å². The topological polar surface area (TPSA) is 59.3 Å². The number of fused-ring (bicyclic) bond motifs is 3. The van der Waals surface area contributed by atoms with Crippen LogP contribution >= 0.6 is 0 Å². The van der Waals surface area contributed by atoms with E-state index in [0.29, 0.717) is 16.9 Å². The lowest BCUT2D eigenvalue weighted by atomic mass is 9.83. The van der Waals surface area contributed by atoms with Gasteiger partial charge in [-0.2, -0.15) is 5.26 Å². The number of nitriles is 1. The SMILES string of the molecule is COc1ccc([C@H]2c3c(ccc4cc(C#N)ccc34)O[C@H]2C(=O)c2ccccc2)cc1. The van der Waals surface area contributed by atoms with Crippen LogP contribution in [0.3, 0.4) is 0 Å². The fourth-order valence-electron chi connectivity index (χ4n) is 4.31. The van der Waals surface area contributed by atoms with Crippen LogP contribution in [-0.2, 0) is 0 Å². The summed E-state index contributed by atoms with van der Waals surface area (Å²) in [6.45, 7) is 0. The molecule has 0 spiro atoms. The minimum Gasteiger partial charge on any atom is -0.497 e. The van der Waals surface area contributed by atoms with Crippen LogP contribution in [0.1, 0.15) is 33.0 Å². The molecule has 31 heavy (non-hydrogen) atoms. The Hall–Kier alpha value is -4.10. The summed E-state index contributed by atoms with van der Waals surface area (Å²) in [6, 6.07) is 28.6. The second-order valence-electron chi connectivity index (χ2n) is 7.54. The molecular weight excluding hydrogens is 386 g/mol. The molecule has 0 saturated heterocycles. The Morgan fingerprint density at radius 1 is 0.968 bits per heavy atom. The van der Waals surface area contributed by atoms with E-state index >= 15 is 0 Å². The number of carbonyl (C=O) groups is 1. The predicted molar refractivity (Wildman–Crippen MR) is 119 cm³/mol. The summed E-state index contributed by atoms with van der Waals surface area (Å²) < 4.78 is 11.6. The van der Waals surface area contributed by atoms with E-state index in [1.165, 1.54) is 0 Å². The van der Waals surface area contributed by atoms with E-state index in [2.05, 4.69) is 6.07 Å². The number of nitrogens with zero attached hydrogens (tertiary/aromatic N) is 1. The van der Waals surface area contributed by atoms with Gasteiger partial charge in [0.1, 0.15) is 11.5 Å². The number of hydrogen-bond acceptors (Lipinski definition) is 4. The molecule has 0 aromatic heterocycles. The standard InChI is InChI=1S/C27H19NO3/c1-30-21-11-8-18(9-12-21)24-25-22-13-7-17(16-28)15-20(22)10-14-23(25)31-27(24)26(29)19-5-3-2-4-6-19/h2-15,24,27H,1H3/t24-,27+/m0/s1. The van der Waals surface area contributed by atoms with E-state index in [1.54, 1.807) is 13.2 Å². The molecule has 0 amide bonds. The lowest BCUT2D eigenvalue weighted by molar-refractivity contribution is 0.0807. The lowest BCUT2D eigenvalue weighted by Gasteiger charge is -2.19. The summed E-state index contributed by atoms with van der Waals surface area (Å²) in [5, 5.41) is 11.2. The Labute approximate surface area is 180 Å². The van der Waals surface area contributed by atoms with E-state index in [1.807, 2.05) is 78.9 Å². The molecule has 1 aliphatic heterocycles. The summed E-state index contributed by atoms with van der Waals surface area (Å²) in [4.78, 5) is 13.5. The van der Waals surface area contributed by atoms with Gasteiger partial charge in [0.2, 0.25) is 5.78 Å². The van der Waals surface area contributed by atoms with Crippen molar-refractivity contribution in [2.24, 2.45) is 0 Å². The quantitative estimate of drug-likeness (QED) is 0.421. The minimum absolute atomic E-state index is 0.0561. The Morgan fingerprint density at radius 2 is 1.74 bits per heavy atom. The number of ether oxygens (including phenoxy) is 2. The summed E-state index contributed by atoms with van der Waals surface area (Å²) in [7, 11) is 1.63. The first-order chi connectivity index (χ1) is 15.2. The van der Waals surface area contributed by atoms with Gasteiger partial charge < -0.3 is 9.47 Å². The number of methoxy groups -OCH3 is 1. The summed E-state index contributed by atoms with van der Waals surface area (Å²) in [5.41, 5.74) is 3.17. The lowest BCUT2D eigenvalue weighted by Crippen LogP contribution is -2.30. The van der Waals surface area contributed by atoms with Crippen molar-refractivity contribution in [3.63, 3.8) is 0 Å². The van der Waals surface area contributed by atoms with Gasteiger partial charge in [-0.1, -0.05) is 54.6 Å². The molecule has 0 unspecified atom stereocenters. The predicted octanol–water partition coefficient (Wildman–Crippen LogP) is 5.50.